The lowest BCUT2D eigenvalue weighted by Gasteiger charge is -2.05. The van der Waals surface area contributed by atoms with E-state index in [1.807, 2.05) is 24.4 Å². The van der Waals surface area contributed by atoms with E-state index in [2.05, 4.69) is 16.4 Å². The number of anilines is 2. The summed E-state index contributed by atoms with van der Waals surface area (Å²) in [5, 5.41) is 4.05. The molecule has 0 saturated heterocycles. The fourth-order valence-corrected chi connectivity index (χ4v) is 2.38. The summed E-state index contributed by atoms with van der Waals surface area (Å²) < 4.78 is 0. The number of H-pyrrole nitrogens is 1. The lowest BCUT2D eigenvalue weighted by molar-refractivity contribution is -0.116. The number of para-hydroxylation sites is 1. The summed E-state index contributed by atoms with van der Waals surface area (Å²) in [6, 6.07) is 15.3. The summed E-state index contributed by atoms with van der Waals surface area (Å²) in [4.78, 5) is 15.2. The van der Waals surface area contributed by atoms with E-state index in [1.165, 1.54) is 5.39 Å². The first-order valence-electron chi connectivity index (χ1n) is 6.93. The Morgan fingerprint density at radius 3 is 2.67 bits per heavy atom. The standard InChI is InChI=1S/C17H17N3O/c18-13-6-8-14(9-7-13)20-17(21)10-5-12-11-19-16-4-2-1-3-15(12)16/h1-4,6-9,11,19H,5,10,18H2,(H,20,21). The van der Waals surface area contributed by atoms with Crippen molar-refractivity contribution in [1.29, 1.82) is 0 Å². The van der Waals surface area contributed by atoms with Crippen molar-refractivity contribution in [2.75, 3.05) is 11.1 Å². The van der Waals surface area contributed by atoms with Gasteiger partial charge in [-0.05, 0) is 42.3 Å². The highest BCUT2D eigenvalue weighted by atomic mass is 16.1. The van der Waals surface area contributed by atoms with Gasteiger partial charge in [-0.15, -0.1) is 0 Å². The number of carbonyl (C=O) groups is 1. The first-order valence-corrected chi connectivity index (χ1v) is 6.93. The molecule has 0 unspecified atom stereocenters. The maximum Gasteiger partial charge on any atom is 0.224 e. The number of aromatic amines is 1. The molecule has 4 heteroatoms. The summed E-state index contributed by atoms with van der Waals surface area (Å²) in [6.45, 7) is 0. The zero-order chi connectivity index (χ0) is 14.7. The number of fused-ring (bicyclic) bond motifs is 1. The van der Waals surface area contributed by atoms with Crippen LogP contribution in [0.1, 0.15) is 12.0 Å². The Balaban J connectivity index is 1.62. The second-order valence-electron chi connectivity index (χ2n) is 5.03. The molecule has 106 valence electrons. The largest absolute Gasteiger partial charge is 0.399 e. The van der Waals surface area contributed by atoms with Gasteiger partial charge in [0.05, 0.1) is 0 Å². The molecule has 0 bridgehead atoms. The van der Waals surface area contributed by atoms with Crippen LogP contribution < -0.4 is 11.1 Å². The van der Waals surface area contributed by atoms with E-state index in [0.29, 0.717) is 18.5 Å². The van der Waals surface area contributed by atoms with Crippen LogP contribution in [0.4, 0.5) is 11.4 Å². The highest BCUT2D eigenvalue weighted by Crippen LogP contribution is 2.19. The number of benzene rings is 2. The van der Waals surface area contributed by atoms with Crippen LogP contribution in [-0.2, 0) is 11.2 Å². The van der Waals surface area contributed by atoms with E-state index in [9.17, 15) is 4.79 Å². The predicted molar refractivity (Wildman–Crippen MR) is 86.1 cm³/mol. The number of hydrogen-bond acceptors (Lipinski definition) is 2. The topological polar surface area (TPSA) is 70.9 Å². The first-order chi connectivity index (χ1) is 10.2. The fourth-order valence-electron chi connectivity index (χ4n) is 2.38. The Bertz CT molecular complexity index is 759. The number of nitrogens with two attached hydrogens (primary N) is 1. The van der Waals surface area contributed by atoms with E-state index in [0.717, 1.165) is 16.8 Å². The minimum absolute atomic E-state index is 0.00468. The molecule has 4 nitrogen and oxygen atoms in total. The smallest absolute Gasteiger partial charge is 0.224 e. The third-order valence-electron chi connectivity index (χ3n) is 3.49. The number of aromatic nitrogens is 1. The molecule has 0 radical (unpaired) electrons. The quantitative estimate of drug-likeness (QED) is 0.641. The Morgan fingerprint density at radius 2 is 1.86 bits per heavy atom. The lowest BCUT2D eigenvalue weighted by atomic mass is 10.1. The highest BCUT2D eigenvalue weighted by molar-refractivity contribution is 5.91. The molecule has 0 atom stereocenters. The van der Waals surface area contributed by atoms with Gasteiger partial charge < -0.3 is 16.0 Å². The molecule has 1 heterocycles. The molecule has 1 amide bonds. The maximum atomic E-state index is 12.0. The Kier molecular flexibility index (Phi) is 3.60. The molecule has 1 aromatic heterocycles. The number of rotatable bonds is 4. The molecule has 0 spiro atoms. The number of hydrogen-bond donors (Lipinski definition) is 3. The highest BCUT2D eigenvalue weighted by Gasteiger charge is 2.07. The van der Waals surface area contributed by atoms with Gasteiger partial charge in [0.2, 0.25) is 5.91 Å². The third-order valence-corrected chi connectivity index (χ3v) is 3.49. The number of nitrogens with one attached hydrogen (secondary N) is 2. The SMILES string of the molecule is Nc1ccc(NC(=O)CCc2c[nH]c3ccccc23)cc1. The Morgan fingerprint density at radius 1 is 1.10 bits per heavy atom. The van der Waals surface area contributed by atoms with Gasteiger partial charge in [0.25, 0.3) is 0 Å². The zero-order valence-electron chi connectivity index (χ0n) is 11.6. The molecule has 4 N–H and O–H groups in total. The van der Waals surface area contributed by atoms with E-state index < -0.39 is 0 Å². The molecule has 21 heavy (non-hydrogen) atoms. The average molecular weight is 279 g/mol. The third kappa shape index (κ3) is 3.05. The van der Waals surface area contributed by atoms with Crippen LogP contribution >= 0.6 is 0 Å². The van der Waals surface area contributed by atoms with Crippen molar-refractivity contribution in [3.05, 3.63) is 60.3 Å². The molecular formula is C17H17N3O. The minimum Gasteiger partial charge on any atom is -0.399 e. The minimum atomic E-state index is 0.00468. The monoisotopic (exact) mass is 279 g/mol. The molecule has 0 aliphatic carbocycles. The predicted octanol–water partition coefficient (Wildman–Crippen LogP) is 3.32. The van der Waals surface area contributed by atoms with Crippen molar-refractivity contribution in [3.8, 4) is 0 Å². The van der Waals surface area contributed by atoms with Crippen LogP contribution in [0, 0.1) is 0 Å². The van der Waals surface area contributed by atoms with Gasteiger partial charge >= 0.3 is 0 Å². The zero-order valence-corrected chi connectivity index (χ0v) is 11.6. The Hall–Kier alpha value is -2.75. The first kappa shape index (κ1) is 13.2. The van der Waals surface area contributed by atoms with Crippen LogP contribution in [-0.4, -0.2) is 10.9 Å². The number of amides is 1. The van der Waals surface area contributed by atoms with Crippen LogP contribution in [0.25, 0.3) is 10.9 Å². The van der Waals surface area contributed by atoms with Crippen LogP contribution in [0.2, 0.25) is 0 Å². The van der Waals surface area contributed by atoms with Crippen molar-refractivity contribution < 1.29 is 4.79 Å². The second-order valence-corrected chi connectivity index (χ2v) is 5.03. The van der Waals surface area contributed by atoms with Crippen LogP contribution in [0.3, 0.4) is 0 Å². The molecular weight excluding hydrogens is 262 g/mol. The molecule has 2 aromatic carbocycles. The van der Waals surface area contributed by atoms with Crippen molar-refractivity contribution in [2.24, 2.45) is 0 Å². The van der Waals surface area contributed by atoms with Gasteiger partial charge in [-0.1, -0.05) is 18.2 Å². The van der Waals surface area contributed by atoms with E-state index in [1.54, 1.807) is 24.3 Å². The molecule has 3 aromatic rings. The van der Waals surface area contributed by atoms with Gasteiger partial charge in [-0.2, -0.15) is 0 Å². The summed E-state index contributed by atoms with van der Waals surface area (Å²) in [5.41, 5.74) is 9.34. The van der Waals surface area contributed by atoms with Gasteiger partial charge in [0, 0.05) is 34.9 Å². The Labute approximate surface area is 123 Å². The summed E-state index contributed by atoms with van der Waals surface area (Å²) in [5.74, 6) is 0.00468. The lowest BCUT2D eigenvalue weighted by Crippen LogP contribution is -2.12. The van der Waals surface area contributed by atoms with E-state index in [4.69, 9.17) is 5.73 Å². The summed E-state index contributed by atoms with van der Waals surface area (Å²) in [7, 11) is 0. The summed E-state index contributed by atoms with van der Waals surface area (Å²) in [6.07, 6.45) is 3.14. The fraction of sp³-hybridized carbons (Fsp3) is 0.118. The number of aryl methyl sites for hydroxylation is 1. The molecule has 0 fully saturated rings. The molecule has 3 rings (SSSR count). The van der Waals surface area contributed by atoms with Crippen LogP contribution in [0.15, 0.2) is 54.7 Å². The normalized spacial score (nSPS) is 10.7. The van der Waals surface area contributed by atoms with Gasteiger partial charge in [0.15, 0.2) is 0 Å². The number of carbonyl (C=O) groups excluding carboxylic acids is 1. The van der Waals surface area contributed by atoms with Gasteiger partial charge in [-0.25, -0.2) is 0 Å². The number of nitrogen functional groups attached to an aromatic ring is 1. The van der Waals surface area contributed by atoms with Crippen molar-refractivity contribution in [1.82, 2.24) is 4.98 Å². The van der Waals surface area contributed by atoms with Crippen molar-refractivity contribution in [3.63, 3.8) is 0 Å². The van der Waals surface area contributed by atoms with E-state index >= 15 is 0 Å². The van der Waals surface area contributed by atoms with Gasteiger partial charge in [-0.3, -0.25) is 4.79 Å². The molecule has 0 aliphatic heterocycles. The van der Waals surface area contributed by atoms with Crippen molar-refractivity contribution in [2.45, 2.75) is 12.8 Å². The molecule has 0 aliphatic rings. The van der Waals surface area contributed by atoms with Gasteiger partial charge in [0.1, 0.15) is 0 Å². The van der Waals surface area contributed by atoms with E-state index in [-0.39, 0.29) is 5.91 Å². The second kappa shape index (κ2) is 5.71. The van der Waals surface area contributed by atoms with Crippen molar-refractivity contribution >= 4 is 28.2 Å². The molecule has 0 saturated carbocycles. The average Bonchev–Trinajstić information content (AvgIpc) is 2.91. The maximum absolute atomic E-state index is 12.0. The summed E-state index contributed by atoms with van der Waals surface area (Å²) >= 11 is 0. The van der Waals surface area contributed by atoms with Crippen LogP contribution in [0.5, 0.6) is 0 Å².